The first-order chi connectivity index (χ1) is 10.1. The van der Waals surface area contributed by atoms with Gasteiger partial charge in [0.05, 0.1) is 0 Å². The van der Waals surface area contributed by atoms with Crippen molar-refractivity contribution in [2.45, 2.75) is 25.8 Å². The molecule has 1 aliphatic heterocycles. The molecule has 5 nitrogen and oxygen atoms in total. The predicted molar refractivity (Wildman–Crippen MR) is 83.2 cm³/mol. The van der Waals surface area contributed by atoms with E-state index in [9.17, 15) is 9.59 Å². The summed E-state index contributed by atoms with van der Waals surface area (Å²) in [6.07, 6.45) is 5.02. The molecule has 0 aliphatic carbocycles. The van der Waals surface area contributed by atoms with Crippen LogP contribution in [0.25, 0.3) is 0 Å². The van der Waals surface area contributed by atoms with Gasteiger partial charge in [-0.05, 0) is 51.9 Å². The van der Waals surface area contributed by atoms with Gasteiger partial charge in [-0.25, -0.2) is 0 Å². The summed E-state index contributed by atoms with van der Waals surface area (Å²) >= 11 is 0. The van der Waals surface area contributed by atoms with Gasteiger partial charge in [0.2, 0.25) is 5.91 Å². The Bertz CT molecular complexity index is 516. The van der Waals surface area contributed by atoms with Crippen molar-refractivity contribution in [3.63, 3.8) is 0 Å². The monoisotopic (exact) mass is 291 g/mol. The molecule has 0 aromatic carbocycles. The van der Waals surface area contributed by atoms with Crippen LogP contribution in [0.3, 0.4) is 0 Å². The van der Waals surface area contributed by atoms with Crippen molar-refractivity contribution in [2.75, 3.05) is 33.7 Å². The van der Waals surface area contributed by atoms with E-state index in [2.05, 4.69) is 19.0 Å². The maximum absolute atomic E-state index is 12.3. The third kappa shape index (κ3) is 4.70. The minimum absolute atomic E-state index is 0.0503. The zero-order chi connectivity index (χ0) is 15.2. The highest BCUT2D eigenvalue weighted by Gasteiger charge is 2.22. The first-order valence-electron chi connectivity index (χ1n) is 7.64. The molecule has 0 unspecified atom stereocenters. The molecule has 5 heteroatoms. The van der Waals surface area contributed by atoms with E-state index in [4.69, 9.17) is 0 Å². The van der Waals surface area contributed by atoms with Crippen LogP contribution < -0.4 is 5.56 Å². The molecule has 1 amide bonds. The van der Waals surface area contributed by atoms with Crippen LogP contribution in [-0.2, 0) is 11.3 Å². The number of hydrogen-bond donors (Lipinski definition) is 0. The number of nitrogens with zero attached hydrogens (tertiary/aromatic N) is 3. The van der Waals surface area contributed by atoms with E-state index in [-0.39, 0.29) is 18.0 Å². The minimum Gasteiger partial charge on any atom is -0.341 e. The zero-order valence-electron chi connectivity index (χ0n) is 13.0. The summed E-state index contributed by atoms with van der Waals surface area (Å²) in [5.74, 6) is 0.769. The van der Waals surface area contributed by atoms with Gasteiger partial charge >= 0.3 is 0 Å². The average molecular weight is 291 g/mol. The summed E-state index contributed by atoms with van der Waals surface area (Å²) in [6.45, 7) is 2.90. The fourth-order valence-electron chi connectivity index (χ4n) is 2.75. The Morgan fingerprint density at radius 3 is 2.62 bits per heavy atom. The summed E-state index contributed by atoms with van der Waals surface area (Å²) in [6, 6.07) is 4.96. The molecule has 1 saturated heterocycles. The zero-order valence-corrected chi connectivity index (χ0v) is 13.0. The molecular formula is C16H25N3O2. The summed E-state index contributed by atoms with van der Waals surface area (Å²) in [7, 11) is 4.19. The minimum atomic E-state index is -0.119. The smallest absolute Gasteiger partial charge is 0.250 e. The summed E-state index contributed by atoms with van der Waals surface area (Å²) in [4.78, 5) is 28.0. The molecule has 0 bridgehead atoms. The Balaban J connectivity index is 1.81. The van der Waals surface area contributed by atoms with E-state index in [1.165, 1.54) is 17.1 Å². The largest absolute Gasteiger partial charge is 0.341 e. The number of rotatable bonds is 5. The quantitative estimate of drug-likeness (QED) is 0.814. The molecule has 1 aromatic rings. The summed E-state index contributed by atoms with van der Waals surface area (Å²) in [5.41, 5.74) is -0.119. The second kappa shape index (κ2) is 7.41. The van der Waals surface area contributed by atoms with Crippen LogP contribution in [0.15, 0.2) is 29.2 Å². The Kier molecular flexibility index (Phi) is 5.56. The molecule has 0 atom stereocenters. The third-order valence-electron chi connectivity index (χ3n) is 4.16. The van der Waals surface area contributed by atoms with Gasteiger partial charge in [-0.1, -0.05) is 6.07 Å². The number of pyridine rings is 1. The van der Waals surface area contributed by atoms with Gasteiger partial charge in [0.25, 0.3) is 5.56 Å². The van der Waals surface area contributed by atoms with E-state index in [0.717, 1.165) is 38.4 Å². The van der Waals surface area contributed by atoms with Gasteiger partial charge in [0.1, 0.15) is 6.54 Å². The molecule has 2 rings (SSSR count). The van der Waals surface area contributed by atoms with Crippen LogP contribution in [0.4, 0.5) is 0 Å². The van der Waals surface area contributed by atoms with Crippen LogP contribution in [-0.4, -0.2) is 54.0 Å². The number of piperidine rings is 1. The molecule has 1 aromatic heterocycles. The van der Waals surface area contributed by atoms with Crippen LogP contribution in [0.1, 0.15) is 19.3 Å². The van der Waals surface area contributed by atoms with E-state index < -0.39 is 0 Å². The molecular weight excluding hydrogens is 266 g/mol. The Morgan fingerprint density at radius 1 is 1.29 bits per heavy atom. The lowest BCUT2D eigenvalue weighted by molar-refractivity contribution is -0.133. The van der Waals surface area contributed by atoms with E-state index in [1.54, 1.807) is 18.3 Å². The number of hydrogen-bond acceptors (Lipinski definition) is 3. The normalized spacial score (nSPS) is 16.4. The SMILES string of the molecule is CN(C)CCC1CCN(C(=O)Cn2ccccc2=O)CC1. The number of aromatic nitrogens is 1. The number of likely N-dealkylation sites (tertiary alicyclic amines) is 1. The van der Waals surface area contributed by atoms with Gasteiger partial charge in [-0.3, -0.25) is 9.59 Å². The van der Waals surface area contributed by atoms with Gasteiger partial charge in [0, 0.05) is 25.4 Å². The second-order valence-electron chi connectivity index (χ2n) is 6.08. The molecule has 2 heterocycles. The first kappa shape index (κ1) is 15.8. The van der Waals surface area contributed by atoms with Crippen LogP contribution in [0, 0.1) is 5.92 Å². The summed E-state index contributed by atoms with van der Waals surface area (Å²) in [5, 5.41) is 0. The summed E-state index contributed by atoms with van der Waals surface area (Å²) < 4.78 is 1.47. The van der Waals surface area contributed by atoms with Gasteiger partial charge < -0.3 is 14.4 Å². The Morgan fingerprint density at radius 2 is 2.00 bits per heavy atom. The van der Waals surface area contributed by atoms with Gasteiger partial charge in [-0.2, -0.15) is 0 Å². The van der Waals surface area contributed by atoms with Crippen LogP contribution in [0.2, 0.25) is 0 Å². The molecule has 1 fully saturated rings. The van der Waals surface area contributed by atoms with Crippen molar-refractivity contribution in [1.29, 1.82) is 0 Å². The third-order valence-corrected chi connectivity index (χ3v) is 4.16. The van der Waals surface area contributed by atoms with Crippen molar-refractivity contribution >= 4 is 5.91 Å². The van der Waals surface area contributed by atoms with Crippen LogP contribution in [0.5, 0.6) is 0 Å². The first-order valence-corrected chi connectivity index (χ1v) is 7.64. The standard InChI is InChI=1S/C16H25N3O2/c1-17(2)10-6-14-7-11-18(12-8-14)16(21)13-19-9-4-3-5-15(19)20/h3-5,9,14H,6-8,10-13H2,1-2H3. The molecule has 0 spiro atoms. The maximum atomic E-state index is 12.3. The Hall–Kier alpha value is -1.62. The lowest BCUT2D eigenvalue weighted by Gasteiger charge is -2.32. The number of carbonyl (C=O) groups is 1. The van der Waals surface area contributed by atoms with Crippen molar-refractivity contribution in [3.8, 4) is 0 Å². The number of amides is 1. The Labute approximate surface area is 126 Å². The highest BCUT2D eigenvalue weighted by Crippen LogP contribution is 2.20. The van der Waals surface area contributed by atoms with Crippen LogP contribution >= 0.6 is 0 Å². The number of carbonyl (C=O) groups excluding carboxylic acids is 1. The predicted octanol–water partition coefficient (Wildman–Crippen LogP) is 1.04. The second-order valence-corrected chi connectivity index (χ2v) is 6.08. The van der Waals surface area contributed by atoms with Gasteiger partial charge in [0.15, 0.2) is 0 Å². The molecule has 21 heavy (non-hydrogen) atoms. The fraction of sp³-hybridized carbons (Fsp3) is 0.625. The lowest BCUT2D eigenvalue weighted by atomic mass is 9.93. The molecule has 1 aliphatic rings. The van der Waals surface area contributed by atoms with Crippen molar-refractivity contribution < 1.29 is 4.79 Å². The molecule has 0 saturated carbocycles. The van der Waals surface area contributed by atoms with E-state index >= 15 is 0 Å². The maximum Gasteiger partial charge on any atom is 0.250 e. The van der Waals surface area contributed by atoms with Crippen molar-refractivity contribution in [1.82, 2.24) is 14.4 Å². The molecule has 116 valence electrons. The lowest BCUT2D eigenvalue weighted by Crippen LogP contribution is -2.41. The molecule has 0 N–H and O–H groups in total. The highest BCUT2D eigenvalue weighted by atomic mass is 16.2. The van der Waals surface area contributed by atoms with Gasteiger partial charge in [-0.15, -0.1) is 0 Å². The topological polar surface area (TPSA) is 45.5 Å². The molecule has 0 radical (unpaired) electrons. The van der Waals surface area contributed by atoms with Crippen molar-refractivity contribution in [2.24, 2.45) is 5.92 Å². The highest BCUT2D eigenvalue weighted by molar-refractivity contribution is 5.76. The fourth-order valence-corrected chi connectivity index (χ4v) is 2.75. The van der Waals surface area contributed by atoms with Crippen molar-refractivity contribution in [3.05, 3.63) is 34.7 Å². The van der Waals surface area contributed by atoms with E-state index in [0.29, 0.717) is 0 Å². The average Bonchev–Trinajstić information content (AvgIpc) is 2.48. The van der Waals surface area contributed by atoms with E-state index in [1.807, 2.05) is 4.90 Å².